The van der Waals surface area contributed by atoms with Gasteiger partial charge in [0, 0.05) is 6.08 Å². The minimum absolute atomic E-state index is 0.172. The maximum atomic E-state index is 11.8. The Morgan fingerprint density at radius 3 is 1.95 bits per heavy atom. The van der Waals surface area contributed by atoms with Crippen LogP contribution in [-0.2, 0) is 9.59 Å². The second-order valence-corrected chi connectivity index (χ2v) is 4.51. The Morgan fingerprint density at radius 2 is 1.41 bits per heavy atom. The fraction of sp³-hybridized carbons (Fsp3) is 0. The highest BCUT2D eigenvalue weighted by Gasteiger charge is 2.09. The van der Waals surface area contributed by atoms with Gasteiger partial charge in [0.25, 0.3) is 0 Å². The van der Waals surface area contributed by atoms with Crippen molar-refractivity contribution in [2.24, 2.45) is 0 Å². The van der Waals surface area contributed by atoms with Crippen molar-refractivity contribution in [2.75, 3.05) is 0 Å². The van der Waals surface area contributed by atoms with E-state index in [1.165, 1.54) is 12.2 Å². The number of rotatable bonds is 5. The summed E-state index contributed by atoms with van der Waals surface area (Å²) in [5.74, 6) is -1.68. The molecule has 1 amide bonds. The third-order valence-electron chi connectivity index (χ3n) is 2.83. The van der Waals surface area contributed by atoms with Gasteiger partial charge in [0.1, 0.15) is 5.70 Å². The van der Waals surface area contributed by atoms with E-state index in [1.54, 1.807) is 30.3 Å². The molecule has 2 aromatic rings. The smallest absolute Gasteiger partial charge is 0.352 e. The molecule has 0 fully saturated rings. The van der Waals surface area contributed by atoms with Gasteiger partial charge in [0.15, 0.2) is 0 Å². The topological polar surface area (TPSA) is 66.4 Å². The van der Waals surface area contributed by atoms with Crippen molar-refractivity contribution >= 4 is 24.0 Å². The molecule has 110 valence electrons. The second-order valence-electron chi connectivity index (χ2n) is 4.51. The van der Waals surface area contributed by atoms with Crippen LogP contribution in [-0.4, -0.2) is 17.0 Å². The Hall–Kier alpha value is -3.14. The molecule has 22 heavy (non-hydrogen) atoms. The predicted molar refractivity (Wildman–Crippen MR) is 85.7 cm³/mol. The molecule has 2 rings (SSSR count). The zero-order valence-corrected chi connectivity index (χ0v) is 11.8. The van der Waals surface area contributed by atoms with Crippen molar-refractivity contribution in [1.29, 1.82) is 0 Å². The highest BCUT2D eigenvalue weighted by molar-refractivity contribution is 6.01. The van der Waals surface area contributed by atoms with Gasteiger partial charge in [-0.25, -0.2) is 4.79 Å². The van der Waals surface area contributed by atoms with E-state index in [2.05, 4.69) is 5.32 Å². The van der Waals surface area contributed by atoms with E-state index in [4.69, 9.17) is 5.11 Å². The first-order valence-electron chi connectivity index (χ1n) is 6.69. The number of hydrogen-bond donors (Lipinski definition) is 2. The fourth-order valence-electron chi connectivity index (χ4n) is 1.78. The number of hydrogen-bond acceptors (Lipinski definition) is 2. The zero-order valence-electron chi connectivity index (χ0n) is 11.8. The third kappa shape index (κ3) is 4.76. The van der Waals surface area contributed by atoms with Gasteiger partial charge in [0.05, 0.1) is 0 Å². The van der Waals surface area contributed by atoms with Crippen LogP contribution in [0.4, 0.5) is 0 Å². The van der Waals surface area contributed by atoms with Crippen LogP contribution in [0.1, 0.15) is 11.1 Å². The van der Waals surface area contributed by atoms with Crippen LogP contribution in [0, 0.1) is 0 Å². The van der Waals surface area contributed by atoms with Gasteiger partial charge in [-0.2, -0.15) is 0 Å². The van der Waals surface area contributed by atoms with Gasteiger partial charge in [0.2, 0.25) is 5.91 Å². The van der Waals surface area contributed by atoms with Crippen molar-refractivity contribution in [3.05, 3.63) is 83.6 Å². The predicted octanol–water partition coefficient (Wildman–Crippen LogP) is 2.94. The number of benzene rings is 2. The van der Waals surface area contributed by atoms with Crippen LogP contribution in [0.2, 0.25) is 0 Å². The highest BCUT2D eigenvalue weighted by atomic mass is 16.4. The van der Waals surface area contributed by atoms with Crippen LogP contribution in [0.15, 0.2) is 72.4 Å². The van der Waals surface area contributed by atoms with Crippen molar-refractivity contribution in [3.63, 3.8) is 0 Å². The molecule has 4 heteroatoms. The molecule has 0 aliphatic heterocycles. The fourth-order valence-corrected chi connectivity index (χ4v) is 1.78. The minimum atomic E-state index is -1.19. The lowest BCUT2D eigenvalue weighted by atomic mass is 10.2. The summed E-state index contributed by atoms with van der Waals surface area (Å²) in [7, 11) is 0. The Labute approximate surface area is 128 Å². The molecule has 0 spiro atoms. The number of carboxylic acid groups (broad SMARTS) is 1. The molecule has 4 nitrogen and oxygen atoms in total. The molecule has 0 aliphatic rings. The molecular formula is C18H15NO3. The Bertz CT molecular complexity index is 704. The lowest BCUT2D eigenvalue weighted by Gasteiger charge is -2.03. The molecule has 0 aromatic heterocycles. The number of carboxylic acids is 1. The van der Waals surface area contributed by atoms with Crippen LogP contribution >= 0.6 is 0 Å². The molecule has 0 radical (unpaired) electrons. The largest absolute Gasteiger partial charge is 0.477 e. The quantitative estimate of drug-likeness (QED) is 0.833. The van der Waals surface area contributed by atoms with Gasteiger partial charge < -0.3 is 10.4 Å². The van der Waals surface area contributed by atoms with Gasteiger partial charge in [-0.05, 0) is 23.3 Å². The summed E-state index contributed by atoms with van der Waals surface area (Å²) in [6.07, 6.45) is 4.34. The first-order chi connectivity index (χ1) is 10.6. The van der Waals surface area contributed by atoms with Crippen LogP contribution < -0.4 is 5.32 Å². The molecular weight excluding hydrogens is 278 g/mol. The van der Waals surface area contributed by atoms with Crippen LogP contribution in [0.25, 0.3) is 12.2 Å². The van der Waals surface area contributed by atoms with Crippen molar-refractivity contribution in [2.45, 2.75) is 0 Å². The minimum Gasteiger partial charge on any atom is -0.477 e. The van der Waals surface area contributed by atoms with E-state index in [0.717, 1.165) is 5.56 Å². The van der Waals surface area contributed by atoms with E-state index < -0.39 is 11.9 Å². The Morgan fingerprint density at radius 1 is 0.864 bits per heavy atom. The number of carbonyl (C=O) groups is 2. The van der Waals surface area contributed by atoms with E-state index in [9.17, 15) is 9.59 Å². The average molecular weight is 293 g/mol. The van der Waals surface area contributed by atoms with Gasteiger partial charge in [-0.3, -0.25) is 4.79 Å². The molecule has 0 aliphatic carbocycles. The molecule has 0 saturated carbocycles. The molecule has 0 bridgehead atoms. The number of nitrogens with one attached hydrogen (secondary N) is 1. The van der Waals surface area contributed by atoms with Gasteiger partial charge in [-0.15, -0.1) is 0 Å². The summed E-state index contributed by atoms with van der Waals surface area (Å²) in [4.78, 5) is 23.0. The molecule has 2 aromatic carbocycles. The Balaban J connectivity index is 2.08. The van der Waals surface area contributed by atoms with Gasteiger partial charge >= 0.3 is 5.97 Å². The second kappa shape index (κ2) is 7.59. The summed E-state index contributed by atoms with van der Waals surface area (Å²) in [6.45, 7) is 0. The standard InChI is InChI=1S/C18H15NO3/c20-17(12-11-14-7-3-1-4-8-14)19-16(18(21)22)13-15-9-5-2-6-10-15/h1-13H,(H,19,20)(H,21,22)/b12-11+,16-13-. The van der Waals surface area contributed by atoms with E-state index in [0.29, 0.717) is 5.56 Å². The van der Waals surface area contributed by atoms with E-state index in [-0.39, 0.29) is 5.70 Å². The maximum Gasteiger partial charge on any atom is 0.352 e. The van der Waals surface area contributed by atoms with Gasteiger partial charge in [-0.1, -0.05) is 60.7 Å². The Kier molecular flexibility index (Phi) is 5.26. The SMILES string of the molecule is O=C(/C=C/c1ccccc1)N/C(=C\c1ccccc1)C(=O)O. The number of amides is 1. The van der Waals surface area contributed by atoms with Crippen LogP contribution in [0.3, 0.4) is 0 Å². The zero-order chi connectivity index (χ0) is 15.8. The number of aliphatic carboxylic acids is 1. The molecule has 0 unspecified atom stereocenters. The van der Waals surface area contributed by atoms with E-state index >= 15 is 0 Å². The molecule has 2 N–H and O–H groups in total. The average Bonchev–Trinajstić information content (AvgIpc) is 2.54. The summed E-state index contributed by atoms with van der Waals surface area (Å²) < 4.78 is 0. The van der Waals surface area contributed by atoms with Crippen molar-refractivity contribution < 1.29 is 14.7 Å². The first kappa shape index (κ1) is 15.3. The molecule has 0 heterocycles. The lowest BCUT2D eigenvalue weighted by Crippen LogP contribution is -2.25. The summed E-state index contributed by atoms with van der Waals surface area (Å²) in [5, 5.41) is 11.5. The van der Waals surface area contributed by atoms with Crippen LogP contribution in [0.5, 0.6) is 0 Å². The monoisotopic (exact) mass is 293 g/mol. The summed E-state index contributed by atoms with van der Waals surface area (Å²) in [6, 6.07) is 18.2. The normalized spacial score (nSPS) is 11.4. The highest BCUT2D eigenvalue weighted by Crippen LogP contribution is 2.05. The summed E-state index contributed by atoms with van der Waals surface area (Å²) >= 11 is 0. The molecule has 0 saturated heterocycles. The maximum absolute atomic E-state index is 11.8. The summed E-state index contributed by atoms with van der Waals surface area (Å²) in [5.41, 5.74) is 1.39. The first-order valence-corrected chi connectivity index (χ1v) is 6.69. The lowest BCUT2D eigenvalue weighted by molar-refractivity contribution is -0.134. The third-order valence-corrected chi connectivity index (χ3v) is 2.83. The number of carbonyl (C=O) groups excluding carboxylic acids is 1. The molecule has 0 atom stereocenters. The van der Waals surface area contributed by atoms with Crippen molar-refractivity contribution in [1.82, 2.24) is 5.32 Å². The van der Waals surface area contributed by atoms with E-state index in [1.807, 2.05) is 36.4 Å². The van der Waals surface area contributed by atoms with Crippen molar-refractivity contribution in [3.8, 4) is 0 Å².